The van der Waals surface area contributed by atoms with Crippen molar-refractivity contribution in [2.24, 2.45) is 5.73 Å². The minimum absolute atomic E-state index is 0.307. The molecule has 1 aliphatic heterocycles. The van der Waals surface area contributed by atoms with E-state index < -0.39 is 15.1 Å². The minimum Gasteiger partial charge on any atom is -0.380 e. The van der Waals surface area contributed by atoms with Crippen molar-refractivity contribution in [2.75, 3.05) is 13.2 Å². The van der Waals surface area contributed by atoms with E-state index >= 15 is 0 Å². The van der Waals surface area contributed by atoms with Crippen LogP contribution in [0.4, 0.5) is 0 Å². The van der Waals surface area contributed by atoms with Crippen molar-refractivity contribution in [1.82, 2.24) is 0 Å². The van der Waals surface area contributed by atoms with Gasteiger partial charge in [0.25, 0.3) is 0 Å². The van der Waals surface area contributed by atoms with Crippen LogP contribution in [0.25, 0.3) is 0 Å². The molecule has 0 radical (unpaired) electrons. The Morgan fingerprint density at radius 1 is 1.31 bits per heavy atom. The van der Waals surface area contributed by atoms with E-state index in [1.807, 2.05) is 0 Å². The van der Waals surface area contributed by atoms with E-state index in [0.29, 0.717) is 31.1 Å². The molecule has 0 spiro atoms. The first-order chi connectivity index (χ1) is 7.64. The lowest BCUT2D eigenvalue weighted by atomic mass is 10.2. The lowest BCUT2D eigenvalue weighted by Gasteiger charge is -2.10. The Morgan fingerprint density at radius 3 is 2.50 bits per heavy atom. The zero-order valence-electron chi connectivity index (χ0n) is 8.93. The third kappa shape index (κ3) is 2.11. The molecule has 0 saturated carbocycles. The van der Waals surface area contributed by atoms with Crippen LogP contribution in [0.2, 0.25) is 0 Å². The molecular formula is C11H15NO3S. The van der Waals surface area contributed by atoms with E-state index in [-0.39, 0.29) is 0 Å². The van der Waals surface area contributed by atoms with Crippen LogP contribution in [-0.2, 0) is 21.1 Å². The van der Waals surface area contributed by atoms with Crippen molar-refractivity contribution >= 4 is 9.84 Å². The normalized spacial score (nSPS) is 21.2. The predicted octanol–water partition coefficient (Wildman–Crippen LogP) is 0.708. The summed E-state index contributed by atoms with van der Waals surface area (Å²) >= 11 is 0. The van der Waals surface area contributed by atoms with Gasteiger partial charge in [0.05, 0.1) is 16.8 Å². The van der Waals surface area contributed by atoms with Crippen LogP contribution in [0, 0.1) is 0 Å². The quantitative estimate of drug-likeness (QED) is 0.846. The summed E-state index contributed by atoms with van der Waals surface area (Å²) in [6.45, 7) is 1.26. The van der Waals surface area contributed by atoms with Gasteiger partial charge in [-0.2, -0.15) is 0 Å². The number of hydrogen-bond donors (Lipinski definition) is 1. The van der Waals surface area contributed by atoms with Gasteiger partial charge in [-0.15, -0.1) is 0 Å². The van der Waals surface area contributed by atoms with Gasteiger partial charge in [0, 0.05) is 13.2 Å². The Kier molecular flexibility index (Phi) is 3.28. The maximum absolute atomic E-state index is 12.1. The Labute approximate surface area is 95.3 Å². The number of sulfone groups is 1. The van der Waals surface area contributed by atoms with Crippen LogP contribution in [0.1, 0.15) is 12.0 Å². The lowest BCUT2D eigenvalue weighted by molar-refractivity contribution is 0.198. The molecule has 1 aromatic rings. The van der Waals surface area contributed by atoms with Crippen molar-refractivity contribution in [3.05, 3.63) is 29.8 Å². The second-order valence-corrected chi connectivity index (χ2v) is 6.11. The van der Waals surface area contributed by atoms with Gasteiger partial charge in [0.2, 0.25) is 0 Å². The first kappa shape index (κ1) is 11.6. The molecule has 16 heavy (non-hydrogen) atoms. The summed E-state index contributed by atoms with van der Waals surface area (Å²) in [4.78, 5) is 0.361. The molecule has 2 N–H and O–H groups in total. The molecule has 0 amide bonds. The van der Waals surface area contributed by atoms with Gasteiger partial charge in [0.1, 0.15) is 0 Å². The van der Waals surface area contributed by atoms with Crippen LogP contribution < -0.4 is 5.73 Å². The Balaban J connectivity index is 2.28. The molecule has 4 nitrogen and oxygen atoms in total. The molecule has 1 aromatic carbocycles. The molecule has 88 valence electrons. The number of ether oxygens (including phenoxy) is 1. The van der Waals surface area contributed by atoms with Crippen molar-refractivity contribution in [3.8, 4) is 0 Å². The highest BCUT2D eigenvalue weighted by Gasteiger charge is 2.30. The summed E-state index contributed by atoms with van der Waals surface area (Å²) in [6, 6.07) is 6.75. The van der Waals surface area contributed by atoms with Crippen molar-refractivity contribution in [1.29, 1.82) is 0 Å². The highest BCUT2D eigenvalue weighted by molar-refractivity contribution is 7.92. The largest absolute Gasteiger partial charge is 0.380 e. The third-order valence-corrected chi connectivity index (χ3v) is 4.99. The van der Waals surface area contributed by atoms with E-state index in [4.69, 9.17) is 10.5 Å². The average Bonchev–Trinajstić information content (AvgIpc) is 2.83. The van der Waals surface area contributed by atoms with E-state index in [1.54, 1.807) is 24.3 Å². The fourth-order valence-corrected chi connectivity index (χ4v) is 3.35. The maximum Gasteiger partial charge on any atom is 0.183 e. The second kappa shape index (κ2) is 4.53. The topological polar surface area (TPSA) is 69.4 Å². The average molecular weight is 241 g/mol. The molecule has 0 aliphatic carbocycles. The minimum atomic E-state index is -3.23. The summed E-state index contributed by atoms with van der Waals surface area (Å²) in [6.07, 6.45) is 0.584. The van der Waals surface area contributed by atoms with Crippen LogP contribution in [0.5, 0.6) is 0 Å². The number of hydrogen-bond acceptors (Lipinski definition) is 4. The van der Waals surface area contributed by atoms with Gasteiger partial charge < -0.3 is 10.5 Å². The second-order valence-electron chi connectivity index (χ2n) is 3.88. The number of rotatable bonds is 3. The van der Waals surface area contributed by atoms with E-state index in [0.717, 1.165) is 5.56 Å². The standard InChI is InChI=1S/C11H15NO3S/c12-7-9-1-3-10(4-2-9)16(13,14)11-5-6-15-8-11/h1-4,11H,5-8,12H2/t11-/m0/s1. The summed E-state index contributed by atoms with van der Waals surface area (Å²) in [5, 5.41) is -0.392. The van der Waals surface area contributed by atoms with Crippen LogP contribution in [0.15, 0.2) is 29.2 Å². The first-order valence-corrected chi connectivity index (χ1v) is 6.80. The SMILES string of the molecule is NCc1ccc(S(=O)(=O)[C@H]2CCOC2)cc1. The van der Waals surface area contributed by atoms with Gasteiger partial charge in [-0.3, -0.25) is 0 Å². The van der Waals surface area contributed by atoms with E-state index in [2.05, 4.69) is 0 Å². The molecular weight excluding hydrogens is 226 g/mol. The molecule has 0 bridgehead atoms. The molecule has 1 atom stereocenters. The summed E-state index contributed by atoms with van der Waals surface area (Å²) in [5.74, 6) is 0. The number of benzene rings is 1. The Morgan fingerprint density at radius 2 is 2.00 bits per heavy atom. The van der Waals surface area contributed by atoms with Crippen molar-refractivity contribution in [2.45, 2.75) is 23.1 Å². The molecule has 0 aromatic heterocycles. The smallest absolute Gasteiger partial charge is 0.183 e. The van der Waals surface area contributed by atoms with Gasteiger partial charge in [-0.25, -0.2) is 8.42 Å². The summed E-state index contributed by atoms with van der Waals surface area (Å²) < 4.78 is 29.4. The first-order valence-electron chi connectivity index (χ1n) is 5.25. The molecule has 1 aliphatic rings. The predicted molar refractivity (Wildman–Crippen MR) is 60.7 cm³/mol. The lowest BCUT2D eigenvalue weighted by Crippen LogP contribution is -2.21. The van der Waals surface area contributed by atoms with Gasteiger partial charge in [-0.1, -0.05) is 12.1 Å². The molecule has 2 rings (SSSR count). The van der Waals surface area contributed by atoms with Crippen LogP contribution >= 0.6 is 0 Å². The van der Waals surface area contributed by atoms with Crippen LogP contribution in [-0.4, -0.2) is 26.9 Å². The van der Waals surface area contributed by atoms with E-state index in [1.165, 1.54) is 0 Å². The Bertz CT molecular complexity index is 447. The highest BCUT2D eigenvalue weighted by Crippen LogP contribution is 2.22. The Hall–Kier alpha value is -0.910. The summed E-state index contributed by atoms with van der Waals surface area (Å²) in [5.41, 5.74) is 6.39. The zero-order valence-corrected chi connectivity index (χ0v) is 9.74. The van der Waals surface area contributed by atoms with Gasteiger partial charge in [-0.05, 0) is 24.1 Å². The fourth-order valence-electron chi connectivity index (χ4n) is 1.77. The number of nitrogens with two attached hydrogens (primary N) is 1. The fraction of sp³-hybridized carbons (Fsp3) is 0.455. The highest BCUT2D eigenvalue weighted by atomic mass is 32.2. The molecule has 0 unspecified atom stereocenters. The molecule has 5 heteroatoms. The van der Waals surface area contributed by atoms with Crippen LogP contribution in [0.3, 0.4) is 0 Å². The van der Waals surface area contributed by atoms with Gasteiger partial charge in [0.15, 0.2) is 9.84 Å². The molecule has 1 fully saturated rings. The summed E-state index contributed by atoms with van der Waals surface area (Å²) in [7, 11) is -3.23. The third-order valence-electron chi connectivity index (χ3n) is 2.81. The maximum atomic E-state index is 12.1. The van der Waals surface area contributed by atoms with Crippen molar-refractivity contribution < 1.29 is 13.2 Å². The van der Waals surface area contributed by atoms with Crippen molar-refractivity contribution in [3.63, 3.8) is 0 Å². The van der Waals surface area contributed by atoms with E-state index in [9.17, 15) is 8.42 Å². The monoisotopic (exact) mass is 241 g/mol. The molecule has 1 heterocycles. The molecule has 1 saturated heterocycles. The van der Waals surface area contributed by atoms with Gasteiger partial charge >= 0.3 is 0 Å². The zero-order chi connectivity index (χ0) is 11.6.